The number of nitrogens with zero attached hydrogens (tertiary/aromatic N) is 2. The fourth-order valence-electron chi connectivity index (χ4n) is 2.25. The molecule has 0 aliphatic carbocycles. The summed E-state index contributed by atoms with van der Waals surface area (Å²) < 4.78 is 0. The maximum Gasteiger partial charge on any atom is 0.0897 e. The van der Waals surface area contributed by atoms with E-state index in [1.165, 1.54) is 10.7 Å². The maximum absolute atomic E-state index is 6.01. The molecule has 2 N–H and O–H groups in total. The van der Waals surface area contributed by atoms with Crippen LogP contribution in [0.5, 0.6) is 0 Å². The van der Waals surface area contributed by atoms with Crippen molar-refractivity contribution in [3.63, 3.8) is 0 Å². The zero-order valence-corrected chi connectivity index (χ0v) is 11.0. The first-order valence-electron chi connectivity index (χ1n) is 6.04. The number of rotatable bonds is 3. The van der Waals surface area contributed by atoms with Crippen LogP contribution in [-0.2, 0) is 6.42 Å². The van der Waals surface area contributed by atoms with Gasteiger partial charge in [0.15, 0.2) is 0 Å². The lowest BCUT2D eigenvalue weighted by molar-refractivity contribution is 0.166. The summed E-state index contributed by atoms with van der Waals surface area (Å²) in [5.41, 5.74) is 7.25. The summed E-state index contributed by atoms with van der Waals surface area (Å²) in [6.07, 6.45) is 2.21. The zero-order valence-electron chi connectivity index (χ0n) is 10.1. The van der Waals surface area contributed by atoms with Gasteiger partial charge in [-0.05, 0) is 25.8 Å². The predicted octanol–water partition coefficient (Wildman–Crippen LogP) is 1.66. The Bertz CT molecular complexity index is 337. The first kappa shape index (κ1) is 12.0. The Balaban J connectivity index is 1.78. The van der Waals surface area contributed by atoms with E-state index in [1.54, 1.807) is 11.3 Å². The molecule has 1 aromatic rings. The summed E-state index contributed by atoms with van der Waals surface area (Å²) in [6.45, 7) is 7.74. The van der Waals surface area contributed by atoms with E-state index in [4.69, 9.17) is 5.73 Å². The number of aromatic nitrogens is 1. The molecule has 90 valence electrons. The lowest BCUT2D eigenvalue weighted by atomic mass is 9.95. The molecule has 4 heteroatoms. The highest BCUT2D eigenvalue weighted by Gasteiger charge is 2.22. The van der Waals surface area contributed by atoms with Gasteiger partial charge in [0.25, 0.3) is 0 Å². The van der Waals surface area contributed by atoms with Gasteiger partial charge in [0.05, 0.1) is 10.7 Å². The summed E-state index contributed by atoms with van der Waals surface area (Å²) in [6, 6.07) is 0.401. The predicted molar refractivity (Wildman–Crippen MR) is 68.8 cm³/mol. The molecule has 2 unspecified atom stereocenters. The number of hydrogen-bond acceptors (Lipinski definition) is 4. The largest absolute Gasteiger partial charge is 0.327 e. The van der Waals surface area contributed by atoms with Gasteiger partial charge in [-0.15, -0.1) is 11.3 Å². The molecule has 0 amide bonds. The molecule has 2 rings (SSSR count). The monoisotopic (exact) mass is 239 g/mol. The van der Waals surface area contributed by atoms with Gasteiger partial charge < -0.3 is 10.6 Å². The summed E-state index contributed by atoms with van der Waals surface area (Å²) in [7, 11) is 0. The highest BCUT2D eigenvalue weighted by Crippen LogP contribution is 2.15. The van der Waals surface area contributed by atoms with E-state index in [-0.39, 0.29) is 0 Å². The van der Waals surface area contributed by atoms with E-state index < -0.39 is 0 Å². The van der Waals surface area contributed by atoms with Crippen LogP contribution in [0.4, 0.5) is 0 Å². The average Bonchev–Trinajstić information content (AvgIpc) is 2.66. The molecule has 0 saturated carbocycles. The second-order valence-corrected chi connectivity index (χ2v) is 5.90. The molecule has 0 bridgehead atoms. The highest BCUT2D eigenvalue weighted by atomic mass is 32.1. The number of piperidine rings is 1. The van der Waals surface area contributed by atoms with Crippen LogP contribution in [0.2, 0.25) is 0 Å². The van der Waals surface area contributed by atoms with Crippen molar-refractivity contribution in [3.05, 3.63) is 16.1 Å². The molecule has 16 heavy (non-hydrogen) atoms. The lowest BCUT2D eigenvalue weighted by Gasteiger charge is -2.34. The molecule has 2 heterocycles. The van der Waals surface area contributed by atoms with Crippen LogP contribution in [0.25, 0.3) is 0 Å². The van der Waals surface area contributed by atoms with Crippen LogP contribution in [0.15, 0.2) is 5.38 Å². The van der Waals surface area contributed by atoms with E-state index in [9.17, 15) is 0 Å². The van der Waals surface area contributed by atoms with Crippen LogP contribution in [-0.4, -0.2) is 35.6 Å². The van der Waals surface area contributed by atoms with Crippen molar-refractivity contribution < 1.29 is 0 Å². The SMILES string of the molecule is Cc1nc(CCN2CCC(N)C(C)C2)cs1. The van der Waals surface area contributed by atoms with Gasteiger partial charge in [0, 0.05) is 30.9 Å². The fraction of sp³-hybridized carbons (Fsp3) is 0.750. The quantitative estimate of drug-likeness (QED) is 0.872. The van der Waals surface area contributed by atoms with Crippen molar-refractivity contribution in [2.24, 2.45) is 11.7 Å². The van der Waals surface area contributed by atoms with Crippen molar-refractivity contribution in [3.8, 4) is 0 Å². The van der Waals surface area contributed by atoms with Gasteiger partial charge in [-0.25, -0.2) is 4.98 Å². The first-order chi connectivity index (χ1) is 7.65. The number of thiazole rings is 1. The molecular formula is C12H21N3S. The van der Waals surface area contributed by atoms with Crippen LogP contribution in [0.1, 0.15) is 24.0 Å². The van der Waals surface area contributed by atoms with Gasteiger partial charge in [-0.1, -0.05) is 6.92 Å². The Morgan fingerprint density at radius 3 is 3.06 bits per heavy atom. The third-order valence-corrected chi connectivity index (χ3v) is 4.23. The van der Waals surface area contributed by atoms with Crippen molar-refractivity contribution in [2.45, 2.75) is 32.7 Å². The van der Waals surface area contributed by atoms with Crippen LogP contribution in [0, 0.1) is 12.8 Å². The minimum absolute atomic E-state index is 0.401. The van der Waals surface area contributed by atoms with Gasteiger partial charge >= 0.3 is 0 Å². The molecule has 0 spiro atoms. The summed E-state index contributed by atoms with van der Waals surface area (Å²) >= 11 is 1.74. The number of likely N-dealkylation sites (tertiary alicyclic amines) is 1. The average molecular weight is 239 g/mol. The van der Waals surface area contributed by atoms with Crippen molar-refractivity contribution in [1.29, 1.82) is 0 Å². The van der Waals surface area contributed by atoms with Crippen molar-refractivity contribution in [2.75, 3.05) is 19.6 Å². The van der Waals surface area contributed by atoms with Crippen LogP contribution >= 0.6 is 11.3 Å². The van der Waals surface area contributed by atoms with Crippen LogP contribution < -0.4 is 5.73 Å². The minimum Gasteiger partial charge on any atom is -0.327 e. The second kappa shape index (κ2) is 5.25. The summed E-state index contributed by atoms with van der Waals surface area (Å²) in [5.74, 6) is 0.630. The summed E-state index contributed by atoms with van der Waals surface area (Å²) in [5, 5.41) is 3.35. The second-order valence-electron chi connectivity index (χ2n) is 4.84. The number of aryl methyl sites for hydroxylation is 1. The molecule has 3 nitrogen and oxygen atoms in total. The van der Waals surface area contributed by atoms with Crippen molar-refractivity contribution in [1.82, 2.24) is 9.88 Å². The van der Waals surface area contributed by atoms with Crippen LogP contribution in [0.3, 0.4) is 0 Å². The molecule has 1 saturated heterocycles. The van der Waals surface area contributed by atoms with Crippen molar-refractivity contribution >= 4 is 11.3 Å². The van der Waals surface area contributed by atoms with E-state index >= 15 is 0 Å². The summed E-state index contributed by atoms with van der Waals surface area (Å²) in [4.78, 5) is 7.01. The Morgan fingerprint density at radius 1 is 1.62 bits per heavy atom. The highest BCUT2D eigenvalue weighted by molar-refractivity contribution is 7.09. The van der Waals surface area contributed by atoms with Gasteiger partial charge in [0.2, 0.25) is 0 Å². The molecule has 1 aliphatic rings. The lowest BCUT2D eigenvalue weighted by Crippen LogP contribution is -2.46. The molecule has 0 aromatic carbocycles. The van der Waals surface area contributed by atoms with Gasteiger partial charge in [0.1, 0.15) is 0 Å². The molecule has 1 aliphatic heterocycles. The fourth-order valence-corrected chi connectivity index (χ4v) is 2.90. The van der Waals surface area contributed by atoms with Gasteiger partial charge in [-0.3, -0.25) is 0 Å². The number of nitrogens with two attached hydrogens (primary N) is 1. The third-order valence-electron chi connectivity index (χ3n) is 3.41. The third kappa shape index (κ3) is 3.03. The van der Waals surface area contributed by atoms with E-state index in [1.807, 2.05) is 0 Å². The Kier molecular flexibility index (Phi) is 3.95. The Labute approximate surface area is 102 Å². The van der Waals surface area contributed by atoms with E-state index in [0.29, 0.717) is 12.0 Å². The molecule has 2 atom stereocenters. The number of hydrogen-bond donors (Lipinski definition) is 1. The minimum atomic E-state index is 0.401. The smallest absolute Gasteiger partial charge is 0.0897 e. The van der Waals surface area contributed by atoms with Gasteiger partial charge in [-0.2, -0.15) is 0 Å². The van der Waals surface area contributed by atoms with E-state index in [2.05, 4.69) is 29.1 Å². The molecular weight excluding hydrogens is 218 g/mol. The Hall–Kier alpha value is -0.450. The zero-order chi connectivity index (χ0) is 11.5. The standard InChI is InChI=1S/C12H21N3S/c1-9-7-15(6-4-12(9)13)5-3-11-8-16-10(2)14-11/h8-9,12H,3-7,13H2,1-2H3. The van der Waals surface area contributed by atoms with E-state index in [0.717, 1.165) is 32.5 Å². The molecule has 1 fully saturated rings. The normalized spacial score (nSPS) is 27.2. The molecule has 0 radical (unpaired) electrons. The maximum atomic E-state index is 6.01. The first-order valence-corrected chi connectivity index (χ1v) is 6.92. The molecule has 1 aromatic heterocycles. The Morgan fingerprint density at radius 2 is 2.44 bits per heavy atom. The topological polar surface area (TPSA) is 42.2 Å².